The zero-order valence-corrected chi connectivity index (χ0v) is 8.87. The maximum Gasteiger partial charge on any atom is 0.310 e. The first-order chi connectivity index (χ1) is 6.40. The molecule has 1 aromatic carbocycles. The molecule has 0 N–H and O–H groups in total. The minimum absolute atomic E-state index is 0.0840. The molecule has 0 aliphatic rings. The van der Waals surface area contributed by atoms with Crippen molar-refractivity contribution in [2.24, 2.45) is 0 Å². The molecule has 88 valence electrons. The molecule has 0 aromatic heterocycles. The van der Waals surface area contributed by atoms with E-state index in [0.717, 1.165) is 6.07 Å². The van der Waals surface area contributed by atoms with Gasteiger partial charge < -0.3 is 4.90 Å². The highest BCUT2D eigenvalue weighted by molar-refractivity contribution is 8.45. The van der Waals surface area contributed by atoms with E-state index in [4.69, 9.17) is 0 Å². The Morgan fingerprint density at radius 3 is 1.93 bits per heavy atom. The average Bonchev–Trinajstić information content (AvgIpc) is 2.00. The standard InChI is InChI=1S/C8H10F5NS/c1-14(2)7-4-3-5-8(6-7)15(9,10,11,12)13/h3-6H,1-2H3. The first-order valence-electron chi connectivity index (χ1n) is 3.92. The van der Waals surface area contributed by atoms with E-state index in [2.05, 4.69) is 0 Å². The molecule has 0 bridgehead atoms. The second-order valence-electron chi connectivity index (χ2n) is 3.36. The summed E-state index contributed by atoms with van der Waals surface area (Å²) in [5, 5.41) is 0. The van der Waals surface area contributed by atoms with Gasteiger partial charge in [-0.1, -0.05) is 25.5 Å². The molecule has 0 aliphatic heterocycles. The van der Waals surface area contributed by atoms with Crippen LogP contribution in [0.25, 0.3) is 0 Å². The molecule has 0 radical (unpaired) electrons. The fourth-order valence-electron chi connectivity index (χ4n) is 1.00. The van der Waals surface area contributed by atoms with Crippen molar-refractivity contribution in [3.63, 3.8) is 0 Å². The minimum atomic E-state index is -9.54. The summed E-state index contributed by atoms with van der Waals surface area (Å²) in [4.78, 5) is -0.534. The lowest BCUT2D eigenvalue weighted by Crippen LogP contribution is -2.11. The molecular weight excluding hydrogens is 237 g/mol. The van der Waals surface area contributed by atoms with Gasteiger partial charge in [0.05, 0.1) is 0 Å². The molecule has 0 fully saturated rings. The number of rotatable bonds is 2. The quantitative estimate of drug-likeness (QED) is 0.700. The monoisotopic (exact) mass is 247 g/mol. The van der Waals surface area contributed by atoms with Crippen LogP contribution in [-0.2, 0) is 0 Å². The molecule has 0 unspecified atom stereocenters. The average molecular weight is 247 g/mol. The Kier molecular flexibility index (Phi) is 2.08. The first-order valence-corrected chi connectivity index (χ1v) is 5.87. The van der Waals surface area contributed by atoms with Gasteiger partial charge in [0.1, 0.15) is 4.90 Å². The van der Waals surface area contributed by atoms with Gasteiger partial charge >= 0.3 is 10.2 Å². The summed E-state index contributed by atoms with van der Waals surface area (Å²) in [5.74, 6) is 0. The molecule has 0 spiro atoms. The summed E-state index contributed by atoms with van der Waals surface area (Å²) in [6, 6.07) is 3.12. The van der Waals surface area contributed by atoms with E-state index >= 15 is 0 Å². The van der Waals surface area contributed by atoms with Crippen molar-refractivity contribution in [3.8, 4) is 0 Å². The van der Waals surface area contributed by atoms with Crippen LogP contribution in [-0.4, -0.2) is 14.1 Å². The van der Waals surface area contributed by atoms with E-state index < -0.39 is 15.1 Å². The van der Waals surface area contributed by atoms with E-state index in [9.17, 15) is 19.4 Å². The highest BCUT2D eigenvalue weighted by atomic mass is 32.5. The molecule has 1 aromatic rings. The Labute approximate surface area is 84.2 Å². The normalized spacial score (nSPS) is 16.7. The van der Waals surface area contributed by atoms with Gasteiger partial charge in [-0.05, 0) is 18.2 Å². The Balaban J connectivity index is 3.37. The van der Waals surface area contributed by atoms with Gasteiger partial charge in [0, 0.05) is 19.8 Å². The van der Waals surface area contributed by atoms with Crippen molar-refractivity contribution in [3.05, 3.63) is 24.3 Å². The molecule has 0 aliphatic carbocycles. The van der Waals surface area contributed by atoms with E-state index in [1.165, 1.54) is 25.1 Å². The number of anilines is 1. The minimum Gasteiger partial charge on any atom is -0.378 e. The molecule has 1 rings (SSSR count). The zero-order chi connectivity index (χ0) is 12.0. The number of nitrogens with zero attached hydrogens (tertiary/aromatic N) is 1. The van der Waals surface area contributed by atoms with Crippen LogP contribution in [0.3, 0.4) is 0 Å². The van der Waals surface area contributed by atoms with Crippen molar-refractivity contribution in [2.75, 3.05) is 19.0 Å². The highest BCUT2D eigenvalue weighted by Crippen LogP contribution is 3.02. The van der Waals surface area contributed by atoms with Crippen LogP contribution in [0.4, 0.5) is 25.1 Å². The number of halogens is 5. The fraction of sp³-hybridized carbons (Fsp3) is 0.250. The van der Waals surface area contributed by atoms with Gasteiger partial charge in [0.15, 0.2) is 0 Å². The third-order valence-corrected chi connectivity index (χ3v) is 2.92. The predicted octanol–water partition coefficient (Wildman–Crippen LogP) is 4.41. The van der Waals surface area contributed by atoms with Crippen molar-refractivity contribution < 1.29 is 19.4 Å². The van der Waals surface area contributed by atoms with Crippen molar-refractivity contribution in [2.45, 2.75) is 4.90 Å². The van der Waals surface area contributed by atoms with E-state index in [1.807, 2.05) is 0 Å². The number of benzene rings is 1. The summed E-state index contributed by atoms with van der Waals surface area (Å²) < 4.78 is 61.9. The van der Waals surface area contributed by atoms with Gasteiger partial charge in [0.25, 0.3) is 0 Å². The van der Waals surface area contributed by atoms with Crippen LogP contribution in [0.2, 0.25) is 0 Å². The van der Waals surface area contributed by atoms with Crippen LogP contribution < -0.4 is 4.90 Å². The Hall–Kier alpha value is -0.980. The third-order valence-electron chi connectivity index (χ3n) is 1.78. The maximum absolute atomic E-state index is 12.4. The SMILES string of the molecule is CN(C)c1cccc(S(F)(F)(F)(F)F)c1. The molecule has 15 heavy (non-hydrogen) atoms. The van der Waals surface area contributed by atoms with Crippen LogP contribution >= 0.6 is 10.2 Å². The number of hydrogen-bond acceptors (Lipinski definition) is 1. The molecule has 0 saturated heterocycles. The fourth-order valence-corrected chi connectivity index (χ4v) is 1.68. The number of hydrogen-bond donors (Lipinski definition) is 0. The second-order valence-corrected chi connectivity index (χ2v) is 5.77. The van der Waals surface area contributed by atoms with Crippen LogP contribution in [0, 0.1) is 0 Å². The largest absolute Gasteiger partial charge is 0.378 e. The topological polar surface area (TPSA) is 3.24 Å². The molecule has 1 nitrogen and oxygen atoms in total. The lowest BCUT2D eigenvalue weighted by atomic mass is 10.3. The lowest BCUT2D eigenvalue weighted by Gasteiger charge is -2.40. The smallest absolute Gasteiger partial charge is 0.310 e. The molecule has 0 atom stereocenters. The van der Waals surface area contributed by atoms with Gasteiger partial charge in [-0.15, -0.1) is 0 Å². The molecule has 0 saturated carbocycles. The lowest BCUT2D eigenvalue weighted by molar-refractivity contribution is 0.364. The summed E-state index contributed by atoms with van der Waals surface area (Å²) in [5.41, 5.74) is 0.0840. The Morgan fingerprint density at radius 1 is 1.00 bits per heavy atom. The van der Waals surface area contributed by atoms with E-state index in [1.54, 1.807) is 0 Å². The predicted molar refractivity (Wildman–Crippen MR) is 52.2 cm³/mol. The summed E-state index contributed by atoms with van der Waals surface area (Å²) >= 11 is 0. The van der Waals surface area contributed by atoms with Crippen LogP contribution in [0.15, 0.2) is 29.2 Å². The van der Waals surface area contributed by atoms with Crippen molar-refractivity contribution >= 4 is 15.9 Å². The third kappa shape index (κ3) is 2.98. The Bertz CT molecular complexity index is 382. The molecule has 0 amide bonds. The van der Waals surface area contributed by atoms with Gasteiger partial charge in [-0.3, -0.25) is 0 Å². The summed E-state index contributed by atoms with van der Waals surface area (Å²) in [7, 11) is -6.59. The van der Waals surface area contributed by atoms with Gasteiger partial charge in [-0.2, -0.15) is 0 Å². The molecular formula is C8H10F5NS. The highest BCUT2D eigenvalue weighted by Gasteiger charge is 2.65. The first kappa shape index (κ1) is 12.1. The van der Waals surface area contributed by atoms with Crippen LogP contribution in [0.5, 0.6) is 0 Å². The molecule has 0 heterocycles. The van der Waals surface area contributed by atoms with Crippen molar-refractivity contribution in [1.82, 2.24) is 0 Å². The van der Waals surface area contributed by atoms with E-state index in [0.29, 0.717) is 12.1 Å². The van der Waals surface area contributed by atoms with Gasteiger partial charge in [-0.25, -0.2) is 0 Å². The van der Waals surface area contributed by atoms with Crippen LogP contribution in [0.1, 0.15) is 0 Å². The maximum atomic E-state index is 12.4. The zero-order valence-electron chi connectivity index (χ0n) is 8.05. The summed E-state index contributed by atoms with van der Waals surface area (Å²) in [6.45, 7) is 0. The van der Waals surface area contributed by atoms with Crippen molar-refractivity contribution in [1.29, 1.82) is 0 Å². The second kappa shape index (κ2) is 2.58. The van der Waals surface area contributed by atoms with E-state index in [-0.39, 0.29) is 5.69 Å². The summed E-state index contributed by atoms with van der Waals surface area (Å²) in [6.07, 6.45) is 0. The molecule has 7 heteroatoms. The van der Waals surface area contributed by atoms with Gasteiger partial charge in [0.2, 0.25) is 0 Å². The Morgan fingerprint density at radius 2 is 1.53 bits per heavy atom.